The van der Waals surface area contributed by atoms with Gasteiger partial charge in [-0.2, -0.15) is 0 Å². The molecule has 2 saturated heterocycles. The van der Waals surface area contributed by atoms with Gasteiger partial charge in [0.15, 0.2) is 0 Å². The van der Waals surface area contributed by atoms with E-state index in [4.69, 9.17) is 9.72 Å². The van der Waals surface area contributed by atoms with Crippen LogP contribution in [-0.2, 0) is 4.74 Å². The first-order chi connectivity index (χ1) is 10.4. The molecule has 0 aliphatic carbocycles. The van der Waals surface area contributed by atoms with E-state index in [2.05, 4.69) is 46.2 Å². The molecule has 1 atom stereocenters. The van der Waals surface area contributed by atoms with Crippen LogP contribution in [-0.4, -0.2) is 55.3 Å². The summed E-state index contributed by atoms with van der Waals surface area (Å²) in [5.41, 5.74) is 1.09. The number of ether oxygens (including phenoxy) is 1. The summed E-state index contributed by atoms with van der Waals surface area (Å²) in [6, 6.07) is 13.3. The van der Waals surface area contributed by atoms with Gasteiger partial charge in [-0.25, -0.2) is 4.98 Å². The molecule has 1 aromatic carbocycles. The minimum Gasteiger partial charge on any atom is -0.379 e. The first-order valence-corrected chi connectivity index (χ1v) is 7.83. The van der Waals surface area contributed by atoms with Crippen LogP contribution in [0, 0.1) is 0 Å². The highest BCUT2D eigenvalue weighted by Crippen LogP contribution is 2.24. The van der Waals surface area contributed by atoms with Crippen LogP contribution < -0.4 is 4.90 Å². The van der Waals surface area contributed by atoms with E-state index in [1.54, 1.807) is 0 Å². The second-order valence-corrected chi connectivity index (χ2v) is 5.90. The second-order valence-electron chi connectivity index (χ2n) is 5.90. The van der Waals surface area contributed by atoms with E-state index in [9.17, 15) is 0 Å². The Morgan fingerprint density at radius 2 is 1.86 bits per heavy atom. The highest BCUT2D eigenvalue weighted by molar-refractivity contribution is 5.80. The summed E-state index contributed by atoms with van der Waals surface area (Å²) in [5.74, 6) is 1.12. The molecule has 1 aromatic heterocycles. The number of fused-ring (bicyclic) bond motifs is 1. The Morgan fingerprint density at radius 1 is 1.00 bits per heavy atom. The van der Waals surface area contributed by atoms with Crippen molar-refractivity contribution in [1.29, 1.82) is 0 Å². The Balaban J connectivity index is 1.50. The number of morpholine rings is 1. The average Bonchev–Trinajstić information content (AvgIpc) is 3.05. The van der Waals surface area contributed by atoms with E-state index in [1.807, 2.05) is 0 Å². The van der Waals surface area contributed by atoms with Crippen molar-refractivity contribution >= 4 is 16.7 Å². The molecule has 0 radical (unpaired) electrons. The van der Waals surface area contributed by atoms with Crippen molar-refractivity contribution in [2.24, 2.45) is 0 Å². The topological polar surface area (TPSA) is 28.6 Å². The third kappa shape index (κ3) is 2.61. The predicted molar refractivity (Wildman–Crippen MR) is 84.8 cm³/mol. The van der Waals surface area contributed by atoms with Crippen LogP contribution in [0.1, 0.15) is 6.42 Å². The normalized spacial score (nSPS) is 23.8. The Kier molecular flexibility index (Phi) is 3.49. The maximum absolute atomic E-state index is 5.45. The third-order valence-corrected chi connectivity index (χ3v) is 4.63. The lowest BCUT2D eigenvalue weighted by Crippen LogP contribution is -2.44. The molecule has 3 heterocycles. The highest BCUT2D eigenvalue weighted by atomic mass is 16.5. The molecule has 110 valence electrons. The molecule has 2 aliphatic heterocycles. The summed E-state index contributed by atoms with van der Waals surface area (Å²) in [6.45, 7) is 6.10. The molecule has 4 nitrogen and oxygen atoms in total. The number of anilines is 1. The molecule has 0 saturated carbocycles. The van der Waals surface area contributed by atoms with Gasteiger partial charge in [0.2, 0.25) is 0 Å². The lowest BCUT2D eigenvalue weighted by Gasteiger charge is -2.32. The summed E-state index contributed by atoms with van der Waals surface area (Å²) >= 11 is 0. The number of para-hydroxylation sites is 1. The summed E-state index contributed by atoms with van der Waals surface area (Å²) in [7, 11) is 0. The highest BCUT2D eigenvalue weighted by Gasteiger charge is 2.29. The van der Waals surface area contributed by atoms with Gasteiger partial charge >= 0.3 is 0 Å². The zero-order valence-corrected chi connectivity index (χ0v) is 12.2. The fourth-order valence-electron chi connectivity index (χ4n) is 3.42. The molecule has 0 bridgehead atoms. The Bertz CT molecular complexity index is 624. The standard InChI is InChI=1S/C17H21N3O/c1-2-4-16-14(3-1)5-6-17(18-16)20-8-7-15(13-20)19-9-11-21-12-10-19/h1-6,15H,7-13H2. The molecule has 0 N–H and O–H groups in total. The Hall–Kier alpha value is -1.65. The molecule has 0 amide bonds. The summed E-state index contributed by atoms with van der Waals surface area (Å²) in [4.78, 5) is 9.82. The van der Waals surface area contributed by atoms with Crippen LogP contribution in [0.15, 0.2) is 36.4 Å². The zero-order chi connectivity index (χ0) is 14.1. The number of rotatable bonds is 2. The molecule has 2 aliphatic rings. The molecule has 1 unspecified atom stereocenters. The van der Waals surface area contributed by atoms with E-state index in [0.29, 0.717) is 6.04 Å². The van der Waals surface area contributed by atoms with Gasteiger partial charge < -0.3 is 9.64 Å². The van der Waals surface area contributed by atoms with Crippen molar-refractivity contribution in [2.45, 2.75) is 12.5 Å². The number of hydrogen-bond acceptors (Lipinski definition) is 4. The van der Waals surface area contributed by atoms with Crippen LogP contribution >= 0.6 is 0 Å². The third-order valence-electron chi connectivity index (χ3n) is 4.63. The molecular formula is C17H21N3O. The first kappa shape index (κ1) is 13.0. The van der Waals surface area contributed by atoms with Crippen molar-refractivity contribution in [3.63, 3.8) is 0 Å². The van der Waals surface area contributed by atoms with Crippen molar-refractivity contribution in [3.8, 4) is 0 Å². The van der Waals surface area contributed by atoms with Crippen molar-refractivity contribution < 1.29 is 4.74 Å². The van der Waals surface area contributed by atoms with Crippen LogP contribution in [0.25, 0.3) is 10.9 Å². The van der Waals surface area contributed by atoms with Crippen LogP contribution in [0.5, 0.6) is 0 Å². The number of pyridine rings is 1. The van der Waals surface area contributed by atoms with E-state index >= 15 is 0 Å². The maximum Gasteiger partial charge on any atom is 0.129 e. The lowest BCUT2D eigenvalue weighted by atomic mass is 10.2. The fourth-order valence-corrected chi connectivity index (χ4v) is 3.42. The smallest absolute Gasteiger partial charge is 0.129 e. The second kappa shape index (κ2) is 5.62. The quantitative estimate of drug-likeness (QED) is 0.844. The summed E-state index contributed by atoms with van der Waals surface area (Å²) < 4.78 is 5.45. The van der Waals surface area contributed by atoms with Gasteiger partial charge in [0.1, 0.15) is 5.82 Å². The van der Waals surface area contributed by atoms with E-state index in [0.717, 1.165) is 50.7 Å². The van der Waals surface area contributed by atoms with E-state index in [-0.39, 0.29) is 0 Å². The molecular weight excluding hydrogens is 262 g/mol. The maximum atomic E-state index is 5.45. The predicted octanol–water partition coefficient (Wildman–Crippen LogP) is 2.15. The summed E-state index contributed by atoms with van der Waals surface area (Å²) in [5, 5.41) is 1.21. The van der Waals surface area contributed by atoms with Crippen molar-refractivity contribution in [2.75, 3.05) is 44.3 Å². The SMILES string of the molecule is c1ccc2nc(N3CCC(N4CCOCC4)C3)ccc2c1. The molecule has 2 fully saturated rings. The number of hydrogen-bond donors (Lipinski definition) is 0. The molecule has 0 spiro atoms. The molecule has 21 heavy (non-hydrogen) atoms. The van der Waals surface area contributed by atoms with Gasteiger partial charge in [0.25, 0.3) is 0 Å². The summed E-state index contributed by atoms with van der Waals surface area (Å²) in [6.07, 6.45) is 1.23. The van der Waals surface area contributed by atoms with E-state index < -0.39 is 0 Å². The molecule has 2 aromatic rings. The number of benzene rings is 1. The zero-order valence-electron chi connectivity index (χ0n) is 12.2. The monoisotopic (exact) mass is 283 g/mol. The van der Waals surface area contributed by atoms with Crippen LogP contribution in [0.4, 0.5) is 5.82 Å². The fraction of sp³-hybridized carbons (Fsp3) is 0.471. The largest absolute Gasteiger partial charge is 0.379 e. The van der Waals surface area contributed by atoms with Gasteiger partial charge in [-0.3, -0.25) is 4.90 Å². The van der Waals surface area contributed by atoms with Crippen LogP contribution in [0.2, 0.25) is 0 Å². The number of nitrogens with zero attached hydrogens (tertiary/aromatic N) is 3. The molecule has 4 heteroatoms. The number of aromatic nitrogens is 1. The Labute approximate surface area is 125 Å². The Morgan fingerprint density at radius 3 is 2.76 bits per heavy atom. The van der Waals surface area contributed by atoms with Gasteiger partial charge in [-0.05, 0) is 24.6 Å². The first-order valence-electron chi connectivity index (χ1n) is 7.83. The molecule has 4 rings (SSSR count). The van der Waals surface area contributed by atoms with E-state index in [1.165, 1.54) is 11.8 Å². The van der Waals surface area contributed by atoms with Gasteiger partial charge in [0, 0.05) is 37.6 Å². The van der Waals surface area contributed by atoms with Crippen LogP contribution in [0.3, 0.4) is 0 Å². The minimum atomic E-state index is 0.655. The van der Waals surface area contributed by atoms with Gasteiger partial charge in [-0.1, -0.05) is 18.2 Å². The lowest BCUT2D eigenvalue weighted by molar-refractivity contribution is 0.0209. The van der Waals surface area contributed by atoms with Crippen molar-refractivity contribution in [3.05, 3.63) is 36.4 Å². The average molecular weight is 283 g/mol. The van der Waals surface area contributed by atoms with Gasteiger partial charge in [0.05, 0.1) is 18.7 Å². The minimum absolute atomic E-state index is 0.655. The van der Waals surface area contributed by atoms with Crippen molar-refractivity contribution in [1.82, 2.24) is 9.88 Å². The van der Waals surface area contributed by atoms with Gasteiger partial charge in [-0.15, -0.1) is 0 Å².